The number of nitrogens with zero attached hydrogens (tertiary/aromatic N) is 3. The third kappa shape index (κ3) is 5.62. The summed E-state index contributed by atoms with van der Waals surface area (Å²) in [6.07, 6.45) is 1.83. The normalized spacial score (nSPS) is 14.1. The second kappa shape index (κ2) is 13.9. The van der Waals surface area contributed by atoms with Crippen LogP contribution in [0.2, 0.25) is 0 Å². The molecule has 2 aromatic heterocycles. The number of pyridine rings is 1. The molecule has 0 amide bonds. The Hall–Kier alpha value is -6.88. The Morgan fingerprint density at radius 3 is 1.71 bits per heavy atom. The van der Waals surface area contributed by atoms with Crippen molar-refractivity contribution in [3.63, 3.8) is 0 Å². The van der Waals surface area contributed by atoms with Crippen LogP contribution in [-0.2, 0) is 10.8 Å². The van der Waals surface area contributed by atoms with E-state index in [1.165, 1.54) is 43.2 Å². The smallest absolute Gasteiger partial charge is 0.160 e. The van der Waals surface area contributed by atoms with Crippen LogP contribution in [0.25, 0.3) is 56.3 Å². The van der Waals surface area contributed by atoms with Crippen molar-refractivity contribution >= 4 is 11.8 Å². The first-order chi connectivity index (χ1) is 29.0. The minimum atomic E-state index is -0.508. The van der Waals surface area contributed by atoms with E-state index in [2.05, 4.69) is 189 Å². The molecule has 0 fully saturated rings. The molecule has 4 heteroatoms. The number of hydrogen-bond acceptors (Lipinski definition) is 4. The molecule has 3 heterocycles. The van der Waals surface area contributed by atoms with Gasteiger partial charge in [0.25, 0.3) is 0 Å². The highest BCUT2D eigenvalue weighted by Crippen LogP contribution is 2.62. The highest BCUT2D eigenvalue weighted by molar-refractivity contribution is 7.99. The van der Waals surface area contributed by atoms with Gasteiger partial charge in [0.1, 0.15) is 0 Å². The molecule has 1 spiro atoms. The van der Waals surface area contributed by atoms with Gasteiger partial charge in [-0.3, -0.25) is 4.98 Å². The van der Waals surface area contributed by atoms with Gasteiger partial charge in [-0.15, -0.1) is 0 Å². The Morgan fingerprint density at radius 2 is 0.966 bits per heavy atom. The average molecular weight is 774 g/mol. The van der Waals surface area contributed by atoms with Gasteiger partial charge in [-0.1, -0.05) is 177 Å². The molecular weight excluding hydrogens is 735 g/mol. The molecule has 59 heavy (non-hydrogen) atoms. The predicted octanol–water partition coefficient (Wildman–Crippen LogP) is 13.7. The van der Waals surface area contributed by atoms with E-state index in [0.29, 0.717) is 5.82 Å². The Labute approximate surface area is 349 Å². The molecule has 1 aliphatic carbocycles. The number of benzene rings is 7. The molecule has 0 bridgehead atoms. The van der Waals surface area contributed by atoms with Crippen molar-refractivity contribution < 1.29 is 0 Å². The molecule has 0 saturated carbocycles. The van der Waals surface area contributed by atoms with Gasteiger partial charge in [0.05, 0.1) is 22.5 Å². The van der Waals surface area contributed by atoms with E-state index in [1.54, 1.807) is 0 Å². The first-order valence-electron chi connectivity index (χ1n) is 20.2. The molecule has 2 aliphatic rings. The fourth-order valence-electron chi connectivity index (χ4n) is 9.57. The fraction of sp³-hybridized carbons (Fsp3) is 0.0727. The molecule has 0 radical (unpaired) electrons. The van der Waals surface area contributed by atoms with Crippen molar-refractivity contribution in [2.45, 2.75) is 34.5 Å². The molecule has 1 aliphatic heterocycles. The van der Waals surface area contributed by atoms with E-state index in [9.17, 15) is 0 Å². The van der Waals surface area contributed by atoms with Gasteiger partial charge < -0.3 is 0 Å². The first-order valence-corrected chi connectivity index (χ1v) is 21.0. The van der Waals surface area contributed by atoms with Crippen LogP contribution in [0.5, 0.6) is 0 Å². The number of rotatable bonds is 5. The zero-order valence-corrected chi connectivity index (χ0v) is 33.6. The minimum absolute atomic E-state index is 0.223. The Balaban J connectivity index is 1.14. The lowest BCUT2D eigenvalue weighted by Gasteiger charge is -2.50. The topological polar surface area (TPSA) is 38.7 Å². The van der Waals surface area contributed by atoms with Crippen LogP contribution in [0.3, 0.4) is 0 Å². The van der Waals surface area contributed by atoms with Crippen LogP contribution in [0.1, 0.15) is 47.2 Å². The van der Waals surface area contributed by atoms with Gasteiger partial charge in [0.15, 0.2) is 5.82 Å². The number of aromatic nitrogens is 3. The Morgan fingerprint density at radius 1 is 0.373 bits per heavy atom. The lowest BCUT2D eigenvalue weighted by Crippen LogP contribution is -2.43. The second-order valence-corrected chi connectivity index (χ2v) is 17.0. The summed E-state index contributed by atoms with van der Waals surface area (Å²) in [7, 11) is 0. The molecule has 0 N–H and O–H groups in total. The van der Waals surface area contributed by atoms with E-state index in [-0.39, 0.29) is 5.41 Å². The maximum absolute atomic E-state index is 5.37. The molecule has 11 rings (SSSR count). The molecule has 7 aromatic carbocycles. The molecule has 3 nitrogen and oxygen atoms in total. The standard InChI is InChI=1S/C55H39N3S/c1-54(2)42-23-8-9-24-44(42)55(45-25-10-12-28-51(45)59-52-29-13-11-26-46(52)55)47-34-37(30-31-43(47)54)40-21-6-7-22-41(40)50-35-49(36-17-4-3-5-18-36)57-53(58-50)39-20-16-19-38(33-39)48-27-14-15-32-56-48/h3-35H,1-2H3. The Kier molecular flexibility index (Phi) is 8.31. The summed E-state index contributed by atoms with van der Waals surface area (Å²) in [5.74, 6) is 0.671. The number of fused-ring (bicyclic) bond motifs is 8. The zero-order chi connectivity index (χ0) is 39.6. The van der Waals surface area contributed by atoms with Gasteiger partial charge in [-0.05, 0) is 87.0 Å². The van der Waals surface area contributed by atoms with Crippen molar-refractivity contribution in [3.8, 4) is 56.3 Å². The molecule has 9 aromatic rings. The summed E-state index contributed by atoms with van der Waals surface area (Å²) in [5.41, 5.74) is 16.3. The summed E-state index contributed by atoms with van der Waals surface area (Å²) < 4.78 is 0. The quantitative estimate of drug-likeness (QED) is 0.175. The summed E-state index contributed by atoms with van der Waals surface area (Å²) >= 11 is 1.88. The Bertz CT molecular complexity index is 3020. The summed E-state index contributed by atoms with van der Waals surface area (Å²) in [4.78, 5) is 17.8. The van der Waals surface area contributed by atoms with E-state index in [4.69, 9.17) is 9.97 Å². The lowest BCUT2D eigenvalue weighted by atomic mass is 9.54. The maximum Gasteiger partial charge on any atom is 0.160 e. The first kappa shape index (κ1) is 35.3. The zero-order valence-electron chi connectivity index (χ0n) is 32.8. The SMILES string of the molecule is CC1(C)c2ccccc2C2(c3ccccc3Sc3ccccc32)c2cc(-c3ccccc3-c3cc(-c4ccccc4)nc(-c4cccc(-c5ccccn5)c4)n3)ccc21. The van der Waals surface area contributed by atoms with Crippen LogP contribution in [0.4, 0.5) is 0 Å². The van der Waals surface area contributed by atoms with Crippen LogP contribution in [0, 0.1) is 0 Å². The average Bonchev–Trinajstić information content (AvgIpc) is 3.31. The van der Waals surface area contributed by atoms with E-state index in [1.807, 2.05) is 42.2 Å². The van der Waals surface area contributed by atoms with Crippen molar-refractivity contribution in [1.82, 2.24) is 15.0 Å². The van der Waals surface area contributed by atoms with Gasteiger partial charge in [0.2, 0.25) is 0 Å². The molecule has 0 saturated heterocycles. The summed E-state index contributed by atoms with van der Waals surface area (Å²) in [6, 6.07) is 70.1. The van der Waals surface area contributed by atoms with Crippen LogP contribution in [-0.4, -0.2) is 15.0 Å². The molecule has 280 valence electrons. The third-order valence-corrected chi connectivity index (χ3v) is 13.4. The van der Waals surface area contributed by atoms with Gasteiger partial charge in [-0.2, -0.15) is 0 Å². The molecular formula is C55H39N3S. The highest BCUT2D eigenvalue weighted by Gasteiger charge is 2.52. The van der Waals surface area contributed by atoms with Crippen LogP contribution < -0.4 is 0 Å². The fourth-order valence-corrected chi connectivity index (χ4v) is 10.8. The van der Waals surface area contributed by atoms with Crippen molar-refractivity contribution in [2.24, 2.45) is 0 Å². The second-order valence-electron chi connectivity index (χ2n) is 15.9. The lowest BCUT2D eigenvalue weighted by molar-refractivity contribution is 0.549. The van der Waals surface area contributed by atoms with Gasteiger partial charge in [0, 0.05) is 43.7 Å². The van der Waals surface area contributed by atoms with Crippen molar-refractivity contribution in [3.05, 3.63) is 234 Å². The van der Waals surface area contributed by atoms with E-state index < -0.39 is 5.41 Å². The van der Waals surface area contributed by atoms with Crippen LogP contribution >= 0.6 is 11.8 Å². The third-order valence-electron chi connectivity index (χ3n) is 12.3. The van der Waals surface area contributed by atoms with Crippen molar-refractivity contribution in [2.75, 3.05) is 0 Å². The predicted molar refractivity (Wildman–Crippen MR) is 242 cm³/mol. The van der Waals surface area contributed by atoms with Crippen molar-refractivity contribution in [1.29, 1.82) is 0 Å². The monoisotopic (exact) mass is 773 g/mol. The van der Waals surface area contributed by atoms with Gasteiger partial charge >= 0.3 is 0 Å². The number of hydrogen-bond donors (Lipinski definition) is 0. The largest absolute Gasteiger partial charge is 0.256 e. The van der Waals surface area contributed by atoms with E-state index in [0.717, 1.165) is 50.5 Å². The van der Waals surface area contributed by atoms with Crippen LogP contribution in [0.15, 0.2) is 210 Å². The maximum atomic E-state index is 5.37. The summed E-state index contributed by atoms with van der Waals surface area (Å²) in [5, 5.41) is 0. The van der Waals surface area contributed by atoms with E-state index >= 15 is 0 Å². The molecule has 0 unspecified atom stereocenters. The summed E-state index contributed by atoms with van der Waals surface area (Å²) in [6.45, 7) is 4.77. The van der Waals surface area contributed by atoms with Gasteiger partial charge in [-0.25, -0.2) is 9.97 Å². The minimum Gasteiger partial charge on any atom is -0.256 e. The highest BCUT2D eigenvalue weighted by atomic mass is 32.2. The molecule has 0 atom stereocenters.